The Morgan fingerprint density at radius 3 is 2.58 bits per heavy atom. The number of ether oxygens (including phenoxy) is 1. The standard InChI is InChI=1S/C24H27N3O3S/c28-19-15-23(29)27(16-19)18-10-13-26(14-11-18)12-9-17-5-7-20(8-6-17)30-24-25-21-3-1-2-4-22(21)31-24/h1-8,18-19,28H,9-16H2. The van der Waals surface area contributed by atoms with Crippen LogP contribution in [0.2, 0.25) is 0 Å². The van der Waals surface area contributed by atoms with Crippen LogP contribution in [0.25, 0.3) is 10.2 Å². The van der Waals surface area contributed by atoms with Crippen LogP contribution in [0, 0.1) is 0 Å². The number of carbonyl (C=O) groups is 1. The Labute approximate surface area is 186 Å². The van der Waals surface area contributed by atoms with Crippen molar-refractivity contribution >= 4 is 27.5 Å². The van der Waals surface area contributed by atoms with Gasteiger partial charge in [0, 0.05) is 32.2 Å². The molecule has 1 atom stereocenters. The van der Waals surface area contributed by atoms with Crippen LogP contribution in [0.4, 0.5) is 0 Å². The van der Waals surface area contributed by atoms with Crippen molar-refractivity contribution < 1.29 is 14.6 Å². The minimum Gasteiger partial charge on any atom is -0.431 e. The van der Waals surface area contributed by atoms with E-state index >= 15 is 0 Å². The first-order chi connectivity index (χ1) is 15.1. The Bertz CT molecular complexity index is 1010. The number of carbonyl (C=O) groups excluding carboxylic acids is 1. The fourth-order valence-corrected chi connectivity index (χ4v) is 5.36. The molecule has 3 heterocycles. The number of para-hydroxylation sites is 1. The molecule has 0 bridgehead atoms. The summed E-state index contributed by atoms with van der Waals surface area (Å²) in [5, 5.41) is 10.4. The second-order valence-corrected chi connectivity index (χ2v) is 9.41. The predicted octanol–water partition coefficient (Wildman–Crippen LogP) is 3.69. The molecule has 2 aliphatic heterocycles. The van der Waals surface area contributed by atoms with Gasteiger partial charge in [0.15, 0.2) is 0 Å². The molecule has 162 valence electrons. The number of amides is 1. The first-order valence-corrected chi connectivity index (χ1v) is 11.8. The summed E-state index contributed by atoms with van der Waals surface area (Å²) in [5.74, 6) is 0.917. The molecule has 3 aromatic rings. The van der Waals surface area contributed by atoms with Crippen molar-refractivity contribution in [3.05, 3.63) is 54.1 Å². The zero-order valence-corrected chi connectivity index (χ0v) is 18.3. The Hall–Kier alpha value is -2.48. The maximum Gasteiger partial charge on any atom is 0.279 e. The molecular formula is C24H27N3O3S. The molecular weight excluding hydrogens is 410 g/mol. The molecule has 1 unspecified atom stereocenters. The molecule has 2 aliphatic rings. The van der Waals surface area contributed by atoms with Crippen molar-refractivity contribution in [3.63, 3.8) is 0 Å². The Balaban J connectivity index is 1.09. The normalized spacial score (nSPS) is 20.6. The van der Waals surface area contributed by atoms with Gasteiger partial charge in [0.25, 0.3) is 5.19 Å². The minimum atomic E-state index is -0.480. The number of aliphatic hydroxyl groups is 1. The highest BCUT2D eigenvalue weighted by Crippen LogP contribution is 2.31. The van der Waals surface area contributed by atoms with Crippen molar-refractivity contribution in [2.75, 3.05) is 26.2 Å². The second-order valence-electron chi connectivity index (χ2n) is 8.42. The number of hydrogen-bond acceptors (Lipinski definition) is 6. The lowest BCUT2D eigenvalue weighted by atomic mass is 10.0. The maximum atomic E-state index is 12.0. The molecule has 2 aromatic carbocycles. The smallest absolute Gasteiger partial charge is 0.279 e. The number of thiazole rings is 1. The van der Waals surface area contributed by atoms with Crippen molar-refractivity contribution in [3.8, 4) is 10.9 Å². The number of piperidine rings is 1. The molecule has 31 heavy (non-hydrogen) atoms. The number of β-amino-alcohol motifs (C(OH)–C–C–N with tert-alkyl or cyclic N) is 1. The molecule has 2 saturated heterocycles. The third kappa shape index (κ3) is 4.74. The molecule has 2 fully saturated rings. The summed E-state index contributed by atoms with van der Waals surface area (Å²) in [5.41, 5.74) is 2.25. The van der Waals surface area contributed by atoms with Crippen LogP contribution < -0.4 is 4.74 Å². The van der Waals surface area contributed by atoms with E-state index in [1.54, 1.807) is 11.3 Å². The number of benzene rings is 2. The summed E-state index contributed by atoms with van der Waals surface area (Å²) in [6, 6.07) is 16.6. The van der Waals surface area contributed by atoms with Gasteiger partial charge in [-0.15, -0.1) is 0 Å². The van der Waals surface area contributed by atoms with Gasteiger partial charge in [-0.2, -0.15) is 0 Å². The fourth-order valence-electron chi connectivity index (χ4n) is 4.53. The third-order valence-corrected chi connectivity index (χ3v) is 7.17. The van der Waals surface area contributed by atoms with Crippen molar-refractivity contribution in [1.29, 1.82) is 0 Å². The summed E-state index contributed by atoms with van der Waals surface area (Å²) in [7, 11) is 0. The van der Waals surface area contributed by atoms with Crippen molar-refractivity contribution in [1.82, 2.24) is 14.8 Å². The van der Waals surface area contributed by atoms with Gasteiger partial charge in [-0.3, -0.25) is 4.79 Å². The van der Waals surface area contributed by atoms with Gasteiger partial charge in [-0.25, -0.2) is 4.98 Å². The van der Waals surface area contributed by atoms with Crippen LogP contribution in [-0.2, 0) is 11.2 Å². The van der Waals surface area contributed by atoms with Gasteiger partial charge in [0.1, 0.15) is 5.75 Å². The molecule has 1 amide bonds. The number of rotatable bonds is 6. The molecule has 0 saturated carbocycles. The first kappa shape index (κ1) is 20.4. The maximum absolute atomic E-state index is 12.0. The van der Waals surface area contributed by atoms with Gasteiger partial charge < -0.3 is 19.6 Å². The monoisotopic (exact) mass is 437 g/mol. The van der Waals surface area contributed by atoms with E-state index in [1.807, 2.05) is 35.2 Å². The van der Waals surface area contributed by atoms with E-state index in [4.69, 9.17) is 4.74 Å². The molecule has 0 aliphatic carbocycles. The van der Waals surface area contributed by atoms with Gasteiger partial charge >= 0.3 is 0 Å². The van der Waals surface area contributed by atoms with Gasteiger partial charge in [-0.05, 0) is 49.1 Å². The molecule has 0 spiro atoms. The molecule has 5 rings (SSSR count). The Morgan fingerprint density at radius 1 is 1.10 bits per heavy atom. The van der Waals surface area contributed by atoms with Gasteiger partial charge in [0.2, 0.25) is 5.91 Å². The third-order valence-electron chi connectivity index (χ3n) is 6.26. The second kappa shape index (κ2) is 8.94. The average Bonchev–Trinajstić information content (AvgIpc) is 3.35. The largest absolute Gasteiger partial charge is 0.431 e. The van der Waals surface area contributed by atoms with E-state index in [0.29, 0.717) is 24.2 Å². The highest BCUT2D eigenvalue weighted by atomic mass is 32.1. The molecule has 1 N–H and O–H groups in total. The summed E-state index contributed by atoms with van der Waals surface area (Å²) in [6.45, 7) is 3.53. The molecule has 1 aromatic heterocycles. The highest BCUT2D eigenvalue weighted by molar-refractivity contribution is 7.20. The van der Waals surface area contributed by atoms with Crippen LogP contribution in [-0.4, -0.2) is 64.1 Å². The minimum absolute atomic E-state index is 0.110. The van der Waals surface area contributed by atoms with Crippen LogP contribution >= 0.6 is 11.3 Å². The summed E-state index contributed by atoms with van der Waals surface area (Å²) < 4.78 is 7.06. The van der Waals surface area contributed by atoms with Crippen LogP contribution in [0.1, 0.15) is 24.8 Å². The van der Waals surface area contributed by atoms with E-state index < -0.39 is 6.10 Å². The van der Waals surface area contributed by atoms with Gasteiger partial charge in [0.05, 0.1) is 22.7 Å². The van der Waals surface area contributed by atoms with Gasteiger partial charge in [-0.1, -0.05) is 35.6 Å². The van der Waals surface area contributed by atoms with Crippen LogP contribution in [0.5, 0.6) is 10.9 Å². The number of hydrogen-bond donors (Lipinski definition) is 1. The quantitative estimate of drug-likeness (QED) is 0.637. The van der Waals surface area contributed by atoms with E-state index in [2.05, 4.69) is 28.1 Å². The van der Waals surface area contributed by atoms with E-state index in [9.17, 15) is 9.90 Å². The molecule has 0 radical (unpaired) electrons. The zero-order valence-electron chi connectivity index (χ0n) is 17.4. The van der Waals surface area contributed by atoms with E-state index in [-0.39, 0.29) is 5.91 Å². The zero-order chi connectivity index (χ0) is 21.2. The van der Waals surface area contributed by atoms with Crippen molar-refractivity contribution in [2.24, 2.45) is 0 Å². The SMILES string of the molecule is O=C1CC(O)CN1C1CCN(CCc2ccc(Oc3nc4ccccc4s3)cc2)CC1. The summed E-state index contributed by atoms with van der Waals surface area (Å²) in [4.78, 5) is 20.9. The molecule has 6 nitrogen and oxygen atoms in total. The first-order valence-electron chi connectivity index (χ1n) is 11.0. The average molecular weight is 438 g/mol. The summed E-state index contributed by atoms with van der Waals surface area (Å²) >= 11 is 1.56. The number of nitrogens with zero attached hydrogens (tertiary/aromatic N) is 3. The summed E-state index contributed by atoms with van der Waals surface area (Å²) in [6.07, 6.45) is 2.79. The number of aliphatic hydroxyl groups excluding tert-OH is 1. The lowest BCUT2D eigenvalue weighted by molar-refractivity contribution is -0.130. The topological polar surface area (TPSA) is 65.9 Å². The fraction of sp³-hybridized carbons (Fsp3) is 0.417. The number of likely N-dealkylation sites (tertiary alicyclic amines) is 2. The number of fused-ring (bicyclic) bond motifs is 1. The predicted molar refractivity (Wildman–Crippen MR) is 122 cm³/mol. The van der Waals surface area contributed by atoms with Crippen LogP contribution in [0.15, 0.2) is 48.5 Å². The lowest BCUT2D eigenvalue weighted by Gasteiger charge is -2.36. The Morgan fingerprint density at radius 2 is 1.87 bits per heavy atom. The number of aromatic nitrogens is 1. The molecule has 7 heteroatoms. The lowest BCUT2D eigenvalue weighted by Crippen LogP contribution is -2.46. The van der Waals surface area contributed by atoms with E-state index in [1.165, 1.54) is 5.56 Å². The van der Waals surface area contributed by atoms with Crippen molar-refractivity contribution in [2.45, 2.75) is 37.8 Å². The Kier molecular flexibility index (Phi) is 5.89. The van der Waals surface area contributed by atoms with Crippen LogP contribution in [0.3, 0.4) is 0 Å². The highest BCUT2D eigenvalue weighted by Gasteiger charge is 2.34. The van der Waals surface area contributed by atoms with E-state index in [0.717, 1.165) is 54.9 Å².